The number of aromatic nitrogens is 3. The summed E-state index contributed by atoms with van der Waals surface area (Å²) in [5, 5.41) is 17.8. The average Bonchev–Trinajstić information content (AvgIpc) is 3.35. The molecule has 0 aliphatic heterocycles. The molecule has 13 rings (SSSR count). The Hall–Kier alpha value is -8.27. The Bertz CT molecular complexity index is 3890. The summed E-state index contributed by atoms with van der Waals surface area (Å²) in [6.45, 7) is 0. The zero-order valence-corrected chi connectivity index (χ0v) is 33.5. The van der Waals surface area contributed by atoms with Crippen LogP contribution in [-0.2, 0) is 0 Å². The van der Waals surface area contributed by atoms with Crippen LogP contribution in [0.4, 0.5) is 0 Å². The predicted molar refractivity (Wildman–Crippen MR) is 261 cm³/mol. The van der Waals surface area contributed by atoms with Gasteiger partial charge in [-0.1, -0.05) is 194 Å². The molecular formula is C59H35N3. The van der Waals surface area contributed by atoms with Crippen LogP contribution in [0.1, 0.15) is 0 Å². The van der Waals surface area contributed by atoms with Crippen molar-refractivity contribution in [2.24, 2.45) is 0 Å². The topological polar surface area (TPSA) is 38.7 Å². The highest BCUT2D eigenvalue weighted by molar-refractivity contribution is 6.37. The standard InChI is InChI=1S/C59H35N3/c1-2-10-43(11-3-1)57-60-58(62-59(61-57)47-32-25-36-9-4-5-12-45(36)33-47)44-29-23-38(24-30-44)37-19-21-39(22-20-37)48-34-46-31-28-42-14-7-17-50-49-16-6-13-40-26-27-41-15-8-18-51(55(41)53(40)49)52(35-48)56(46)54(42)50/h1-35H. The minimum atomic E-state index is 0.644. The van der Waals surface area contributed by atoms with Gasteiger partial charge in [0, 0.05) is 16.7 Å². The van der Waals surface area contributed by atoms with Crippen molar-refractivity contribution in [3.63, 3.8) is 0 Å². The third-order valence-electron chi connectivity index (χ3n) is 12.8. The first-order valence-electron chi connectivity index (χ1n) is 21.2. The molecule has 12 aromatic carbocycles. The van der Waals surface area contributed by atoms with E-state index in [0.29, 0.717) is 17.5 Å². The fourth-order valence-electron chi connectivity index (χ4n) is 9.80. The molecule has 62 heavy (non-hydrogen) atoms. The molecule has 0 fully saturated rings. The highest BCUT2D eigenvalue weighted by Gasteiger charge is 2.17. The van der Waals surface area contributed by atoms with E-state index in [4.69, 9.17) is 15.0 Å². The Kier molecular flexibility index (Phi) is 7.60. The van der Waals surface area contributed by atoms with Crippen LogP contribution in [-0.4, -0.2) is 15.0 Å². The molecule has 0 saturated heterocycles. The first-order chi connectivity index (χ1) is 30.7. The van der Waals surface area contributed by atoms with Gasteiger partial charge in [-0.15, -0.1) is 0 Å². The van der Waals surface area contributed by atoms with Gasteiger partial charge >= 0.3 is 0 Å². The van der Waals surface area contributed by atoms with Crippen molar-refractivity contribution in [3.8, 4) is 56.4 Å². The van der Waals surface area contributed by atoms with E-state index in [2.05, 4.69) is 182 Å². The molecule has 0 aliphatic rings. The number of nitrogens with zero attached hydrogens (tertiary/aromatic N) is 3. The summed E-state index contributed by atoms with van der Waals surface area (Å²) in [6.07, 6.45) is 0. The molecule has 0 aliphatic carbocycles. The summed E-state index contributed by atoms with van der Waals surface area (Å²) in [4.78, 5) is 15.0. The molecule has 0 spiro atoms. The van der Waals surface area contributed by atoms with Crippen LogP contribution in [0.25, 0.3) is 132 Å². The highest BCUT2D eigenvalue weighted by atomic mass is 15.0. The van der Waals surface area contributed by atoms with Crippen LogP contribution in [0, 0.1) is 0 Å². The number of benzene rings is 11. The molecular weight excluding hydrogens is 751 g/mol. The molecule has 0 radical (unpaired) electrons. The lowest BCUT2D eigenvalue weighted by Crippen LogP contribution is -2.00. The van der Waals surface area contributed by atoms with Crippen LogP contribution in [0.2, 0.25) is 0 Å². The van der Waals surface area contributed by atoms with E-state index in [0.717, 1.165) is 33.2 Å². The van der Waals surface area contributed by atoms with Gasteiger partial charge < -0.3 is 0 Å². The van der Waals surface area contributed by atoms with E-state index in [1.165, 1.54) is 81.1 Å². The maximum absolute atomic E-state index is 5.03. The van der Waals surface area contributed by atoms with Gasteiger partial charge in [0.2, 0.25) is 0 Å². The Labute approximate surface area is 357 Å². The van der Waals surface area contributed by atoms with Gasteiger partial charge in [-0.05, 0) is 116 Å². The van der Waals surface area contributed by atoms with Gasteiger partial charge in [0.1, 0.15) is 0 Å². The normalized spacial score (nSPS) is 11.9. The summed E-state index contributed by atoms with van der Waals surface area (Å²) in [5.41, 5.74) is 7.52. The summed E-state index contributed by atoms with van der Waals surface area (Å²) in [6, 6.07) is 76.7. The second-order valence-corrected chi connectivity index (χ2v) is 16.4. The van der Waals surface area contributed by atoms with Crippen molar-refractivity contribution < 1.29 is 0 Å². The van der Waals surface area contributed by atoms with E-state index < -0.39 is 0 Å². The predicted octanol–water partition coefficient (Wildman–Crippen LogP) is 15.7. The van der Waals surface area contributed by atoms with E-state index >= 15 is 0 Å². The Morgan fingerprint density at radius 3 is 1.15 bits per heavy atom. The molecule has 0 amide bonds. The van der Waals surface area contributed by atoms with Crippen molar-refractivity contribution >= 4 is 75.4 Å². The molecule has 286 valence electrons. The molecule has 13 aromatic rings. The van der Waals surface area contributed by atoms with Crippen LogP contribution in [0.5, 0.6) is 0 Å². The van der Waals surface area contributed by atoms with Crippen molar-refractivity contribution in [1.29, 1.82) is 0 Å². The van der Waals surface area contributed by atoms with E-state index in [-0.39, 0.29) is 0 Å². The van der Waals surface area contributed by atoms with Crippen LogP contribution in [0.3, 0.4) is 0 Å². The first-order valence-corrected chi connectivity index (χ1v) is 21.2. The molecule has 0 saturated carbocycles. The van der Waals surface area contributed by atoms with E-state index in [9.17, 15) is 0 Å². The number of hydrogen-bond acceptors (Lipinski definition) is 3. The summed E-state index contributed by atoms with van der Waals surface area (Å²) < 4.78 is 0. The van der Waals surface area contributed by atoms with Gasteiger partial charge in [-0.3, -0.25) is 0 Å². The van der Waals surface area contributed by atoms with Crippen molar-refractivity contribution in [2.75, 3.05) is 0 Å². The lowest BCUT2D eigenvalue weighted by molar-refractivity contribution is 1.07. The van der Waals surface area contributed by atoms with E-state index in [1.807, 2.05) is 30.3 Å². The summed E-state index contributed by atoms with van der Waals surface area (Å²) >= 11 is 0. The Balaban J connectivity index is 0.906. The lowest BCUT2D eigenvalue weighted by atomic mass is 9.86. The highest BCUT2D eigenvalue weighted by Crippen LogP contribution is 2.44. The molecule has 3 nitrogen and oxygen atoms in total. The monoisotopic (exact) mass is 785 g/mol. The van der Waals surface area contributed by atoms with Crippen LogP contribution < -0.4 is 0 Å². The fraction of sp³-hybridized carbons (Fsp3) is 0. The van der Waals surface area contributed by atoms with Gasteiger partial charge in [-0.2, -0.15) is 0 Å². The number of rotatable bonds is 5. The Morgan fingerprint density at radius 1 is 0.194 bits per heavy atom. The summed E-state index contributed by atoms with van der Waals surface area (Å²) in [7, 11) is 0. The molecule has 0 N–H and O–H groups in total. The minimum Gasteiger partial charge on any atom is -0.208 e. The minimum absolute atomic E-state index is 0.644. The molecule has 0 bridgehead atoms. The van der Waals surface area contributed by atoms with Gasteiger partial charge in [0.15, 0.2) is 17.5 Å². The van der Waals surface area contributed by atoms with Crippen molar-refractivity contribution in [3.05, 3.63) is 212 Å². The second-order valence-electron chi connectivity index (χ2n) is 16.4. The SMILES string of the molecule is c1ccc(-c2nc(-c3ccc(-c4ccc(-c5cc6ccc7cccc8c9cccc%10ccc%11cccc(c(c5)c6c78)c%11c%109)cc4)cc3)nc(-c3ccc4ccccc4c3)n2)cc1. The molecule has 1 heterocycles. The lowest BCUT2D eigenvalue weighted by Gasteiger charge is -2.17. The zero-order valence-electron chi connectivity index (χ0n) is 33.5. The third kappa shape index (κ3) is 5.49. The number of fused-ring (bicyclic) bond motifs is 3. The van der Waals surface area contributed by atoms with E-state index in [1.54, 1.807) is 0 Å². The second kappa shape index (κ2) is 13.6. The molecule has 1 aromatic heterocycles. The van der Waals surface area contributed by atoms with Gasteiger partial charge in [-0.25, -0.2) is 15.0 Å². The molecule has 0 unspecified atom stereocenters. The summed E-state index contributed by atoms with van der Waals surface area (Å²) in [5.74, 6) is 1.95. The Morgan fingerprint density at radius 2 is 0.565 bits per heavy atom. The molecule has 0 atom stereocenters. The average molecular weight is 786 g/mol. The zero-order chi connectivity index (χ0) is 40.7. The van der Waals surface area contributed by atoms with Crippen molar-refractivity contribution in [1.82, 2.24) is 15.0 Å². The fourth-order valence-corrected chi connectivity index (χ4v) is 9.80. The maximum atomic E-state index is 5.03. The maximum Gasteiger partial charge on any atom is 0.164 e. The first kappa shape index (κ1) is 34.6. The molecule has 3 heteroatoms. The number of hydrogen-bond donors (Lipinski definition) is 0. The van der Waals surface area contributed by atoms with Crippen LogP contribution in [0.15, 0.2) is 212 Å². The van der Waals surface area contributed by atoms with Gasteiger partial charge in [0.05, 0.1) is 0 Å². The third-order valence-corrected chi connectivity index (χ3v) is 12.8. The quantitative estimate of drug-likeness (QED) is 0.163. The van der Waals surface area contributed by atoms with Gasteiger partial charge in [0.25, 0.3) is 0 Å². The van der Waals surface area contributed by atoms with Crippen molar-refractivity contribution in [2.45, 2.75) is 0 Å². The largest absolute Gasteiger partial charge is 0.208 e. The van der Waals surface area contributed by atoms with Crippen LogP contribution >= 0.6 is 0 Å². The smallest absolute Gasteiger partial charge is 0.164 e.